The monoisotopic (exact) mass is 404 g/mol. The van der Waals surface area contributed by atoms with Crippen LogP contribution in [0, 0.1) is 0 Å². The van der Waals surface area contributed by atoms with Gasteiger partial charge in [0.15, 0.2) is 0 Å². The second-order valence-corrected chi connectivity index (χ2v) is 5.83. The summed E-state index contributed by atoms with van der Waals surface area (Å²) < 4.78 is 78.4. The summed E-state index contributed by atoms with van der Waals surface area (Å²) >= 11 is 0. The van der Waals surface area contributed by atoms with Gasteiger partial charge in [0.25, 0.3) is 5.91 Å². The molecular weight excluding hydrogens is 390 g/mol. The third-order valence-corrected chi connectivity index (χ3v) is 3.87. The predicted octanol–water partition coefficient (Wildman–Crippen LogP) is 3.55. The summed E-state index contributed by atoms with van der Waals surface area (Å²) in [6, 6.07) is 6.49. The number of carbonyl (C=O) groups is 2. The fourth-order valence-electron chi connectivity index (χ4n) is 2.58. The fourth-order valence-corrected chi connectivity index (χ4v) is 2.58. The summed E-state index contributed by atoms with van der Waals surface area (Å²) in [6.07, 6.45) is -10.2. The first-order valence-electron chi connectivity index (χ1n) is 7.82. The van der Waals surface area contributed by atoms with E-state index in [4.69, 9.17) is 5.73 Å². The van der Waals surface area contributed by atoms with E-state index in [1.807, 2.05) is 5.32 Å². The Morgan fingerprint density at radius 3 is 1.89 bits per heavy atom. The van der Waals surface area contributed by atoms with E-state index < -0.39 is 53.3 Å². The minimum Gasteiger partial charge on any atom is -0.368 e. The number of carbonyl (C=O) groups excluding carboxylic acids is 2. The van der Waals surface area contributed by atoms with Crippen LogP contribution in [0.1, 0.15) is 27.0 Å². The van der Waals surface area contributed by atoms with Crippen molar-refractivity contribution in [1.82, 2.24) is 5.32 Å². The molecule has 0 aliphatic carbocycles. The first-order valence-corrected chi connectivity index (χ1v) is 7.82. The van der Waals surface area contributed by atoms with Crippen molar-refractivity contribution in [2.45, 2.75) is 24.8 Å². The van der Waals surface area contributed by atoms with Crippen molar-refractivity contribution < 1.29 is 35.9 Å². The van der Waals surface area contributed by atoms with Crippen molar-refractivity contribution >= 4 is 11.8 Å². The normalized spacial score (nSPS) is 13.1. The number of nitrogens with two attached hydrogens (primary N) is 1. The first kappa shape index (κ1) is 21.3. The van der Waals surface area contributed by atoms with E-state index in [-0.39, 0.29) is 5.56 Å². The Bertz CT molecular complexity index is 877. The highest BCUT2D eigenvalue weighted by Crippen LogP contribution is 2.33. The van der Waals surface area contributed by atoms with Crippen LogP contribution in [-0.2, 0) is 23.6 Å². The van der Waals surface area contributed by atoms with Crippen molar-refractivity contribution in [2.75, 3.05) is 0 Å². The van der Waals surface area contributed by atoms with Gasteiger partial charge in [0, 0.05) is 6.42 Å². The molecule has 2 aromatic rings. The molecule has 0 saturated heterocycles. The average Bonchev–Trinajstić information content (AvgIpc) is 2.59. The van der Waals surface area contributed by atoms with Crippen LogP contribution in [0.5, 0.6) is 0 Å². The molecule has 3 N–H and O–H groups in total. The van der Waals surface area contributed by atoms with Gasteiger partial charge >= 0.3 is 12.4 Å². The number of benzene rings is 2. The van der Waals surface area contributed by atoms with Gasteiger partial charge in [-0.15, -0.1) is 0 Å². The van der Waals surface area contributed by atoms with Crippen LogP contribution in [0.15, 0.2) is 48.5 Å². The van der Waals surface area contributed by atoms with E-state index >= 15 is 0 Å². The van der Waals surface area contributed by atoms with Gasteiger partial charge in [-0.05, 0) is 23.8 Å². The van der Waals surface area contributed by atoms with Gasteiger partial charge in [-0.25, -0.2) is 0 Å². The number of halogens is 6. The highest BCUT2D eigenvalue weighted by molar-refractivity contribution is 5.98. The average molecular weight is 404 g/mol. The van der Waals surface area contributed by atoms with Crippen LogP contribution in [-0.4, -0.2) is 17.9 Å². The minimum atomic E-state index is -4.83. The van der Waals surface area contributed by atoms with Gasteiger partial charge in [0.1, 0.15) is 6.04 Å². The fraction of sp³-hybridized carbons (Fsp3) is 0.222. The molecule has 1 atom stereocenters. The number of alkyl halides is 6. The molecule has 0 heterocycles. The molecule has 2 aromatic carbocycles. The van der Waals surface area contributed by atoms with Gasteiger partial charge in [-0.1, -0.05) is 30.3 Å². The molecule has 0 saturated carbocycles. The van der Waals surface area contributed by atoms with Crippen molar-refractivity contribution in [3.63, 3.8) is 0 Å². The molecule has 4 nitrogen and oxygen atoms in total. The second-order valence-electron chi connectivity index (χ2n) is 5.83. The zero-order chi connectivity index (χ0) is 21.1. The number of primary amides is 1. The molecule has 0 aromatic heterocycles. The molecule has 2 rings (SSSR count). The zero-order valence-corrected chi connectivity index (χ0v) is 14.1. The lowest BCUT2D eigenvalue weighted by molar-refractivity contribution is -0.139. The number of rotatable bonds is 5. The Labute approximate surface area is 155 Å². The zero-order valence-electron chi connectivity index (χ0n) is 14.1. The molecule has 0 unspecified atom stereocenters. The van der Waals surface area contributed by atoms with Crippen LogP contribution in [0.2, 0.25) is 0 Å². The lowest BCUT2D eigenvalue weighted by atomic mass is 9.98. The molecule has 0 spiro atoms. The van der Waals surface area contributed by atoms with Crippen molar-refractivity contribution in [3.8, 4) is 0 Å². The summed E-state index contributed by atoms with van der Waals surface area (Å²) in [5.74, 6) is -2.46. The maximum Gasteiger partial charge on any atom is 0.417 e. The van der Waals surface area contributed by atoms with Gasteiger partial charge in [-0.2, -0.15) is 26.3 Å². The van der Waals surface area contributed by atoms with E-state index in [1.54, 1.807) is 0 Å². The van der Waals surface area contributed by atoms with E-state index in [0.717, 1.165) is 30.3 Å². The Morgan fingerprint density at radius 1 is 0.857 bits per heavy atom. The number of amides is 2. The molecule has 0 aliphatic rings. The van der Waals surface area contributed by atoms with Gasteiger partial charge in [-0.3, -0.25) is 9.59 Å². The number of hydrogen-bond donors (Lipinski definition) is 2. The molecule has 0 fully saturated rings. The summed E-state index contributed by atoms with van der Waals surface area (Å²) in [4.78, 5) is 23.9. The van der Waals surface area contributed by atoms with Crippen LogP contribution in [0.3, 0.4) is 0 Å². The van der Waals surface area contributed by atoms with Crippen molar-refractivity contribution in [3.05, 3.63) is 70.8 Å². The van der Waals surface area contributed by atoms with Gasteiger partial charge < -0.3 is 11.1 Å². The standard InChI is InChI=1S/C18H14F6N2O2/c19-17(20,21)12-7-3-1-5-10(12)9-14(15(25)27)26-16(28)11-6-2-4-8-13(11)18(22,23)24/h1-8,14H,9H2,(H2,25,27)(H,26,28)/t14-/m0/s1. The van der Waals surface area contributed by atoms with Crippen LogP contribution >= 0.6 is 0 Å². The molecular formula is C18H14F6N2O2. The lowest BCUT2D eigenvalue weighted by Gasteiger charge is -2.20. The number of nitrogens with one attached hydrogen (secondary N) is 1. The van der Waals surface area contributed by atoms with Gasteiger partial charge in [0.2, 0.25) is 5.91 Å². The lowest BCUT2D eigenvalue weighted by Crippen LogP contribution is -2.46. The smallest absolute Gasteiger partial charge is 0.368 e. The van der Waals surface area contributed by atoms with Crippen LogP contribution < -0.4 is 11.1 Å². The van der Waals surface area contributed by atoms with E-state index in [1.165, 1.54) is 12.1 Å². The van der Waals surface area contributed by atoms with E-state index in [2.05, 4.69) is 0 Å². The Balaban J connectivity index is 2.31. The maximum atomic E-state index is 13.1. The molecule has 2 amide bonds. The van der Waals surface area contributed by atoms with Crippen molar-refractivity contribution in [2.24, 2.45) is 5.73 Å². The van der Waals surface area contributed by atoms with Crippen LogP contribution in [0.4, 0.5) is 26.3 Å². The predicted molar refractivity (Wildman–Crippen MR) is 87.0 cm³/mol. The highest BCUT2D eigenvalue weighted by Gasteiger charge is 2.36. The third kappa shape index (κ3) is 5.02. The summed E-state index contributed by atoms with van der Waals surface area (Å²) in [5, 5.41) is 1.99. The topological polar surface area (TPSA) is 72.2 Å². The summed E-state index contributed by atoms with van der Waals surface area (Å²) in [6.45, 7) is 0. The third-order valence-electron chi connectivity index (χ3n) is 3.87. The maximum absolute atomic E-state index is 13.1. The summed E-state index contributed by atoms with van der Waals surface area (Å²) in [5.41, 5.74) is 1.75. The SMILES string of the molecule is NC(=O)[C@H](Cc1ccccc1C(F)(F)F)NC(=O)c1ccccc1C(F)(F)F. The summed E-state index contributed by atoms with van der Waals surface area (Å²) in [7, 11) is 0. The molecule has 150 valence electrons. The minimum absolute atomic E-state index is 0.330. The molecule has 10 heteroatoms. The van der Waals surface area contributed by atoms with Gasteiger partial charge in [0.05, 0.1) is 16.7 Å². The quantitative estimate of drug-likeness (QED) is 0.749. The van der Waals surface area contributed by atoms with Crippen LogP contribution in [0.25, 0.3) is 0 Å². The second kappa shape index (κ2) is 7.91. The molecule has 28 heavy (non-hydrogen) atoms. The molecule has 0 aliphatic heterocycles. The largest absolute Gasteiger partial charge is 0.417 e. The Morgan fingerprint density at radius 2 is 1.36 bits per heavy atom. The number of hydrogen-bond acceptors (Lipinski definition) is 2. The van der Waals surface area contributed by atoms with E-state index in [9.17, 15) is 35.9 Å². The van der Waals surface area contributed by atoms with Crippen molar-refractivity contribution in [1.29, 1.82) is 0 Å². The van der Waals surface area contributed by atoms with E-state index in [0.29, 0.717) is 6.07 Å². The molecule has 0 bridgehead atoms. The molecule has 0 radical (unpaired) electrons. The Kier molecular flexibility index (Phi) is 6.01. The first-order chi connectivity index (χ1) is 12.9. The Hall–Kier alpha value is -3.04. The highest BCUT2D eigenvalue weighted by atomic mass is 19.4.